The summed E-state index contributed by atoms with van der Waals surface area (Å²) in [7, 11) is 1.45. The summed E-state index contributed by atoms with van der Waals surface area (Å²) in [5.41, 5.74) is 0.629. The molecule has 0 aliphatic rings. The van der Waals surface area contributed by atoms with E-state index in [9.17, 15) is 13.2 Å². The third-order valence-electron chi connectivity index (χ3n) is 2.07. The highest BCUT2D eigenvalue weighted by Crippen LogP contribution is 2.23. The fourth-order valence-electron chi connectivity index (χ4n) is 1.23. The molecule has 6 heteroatoms. The molecule has 0 unspecified atom stereocenters. The van der Waals surface area contributed by atoms with Crippen LogP contribution in [0.4, 0.5) is 18.9 Å². The summed E-state index contributed by atoms with van der Waals surface area (Å²) in [6, 6.07) is 6.46. The summed E-state index contributed by atoms with van der Waals surface area (Å²) in [5, 5.41) is 11.4. The van der Waals surface area contributed by atoms with Gasteiger partial charge < -0.3 is 10.1 Å². The highest BCUT2D eigenvalue weighted by Gasteiger charge is 2.26. The molecule has 0 bridgehead atoms. The van der Waals surface area contributed by atoms with Gasteiger partial charge in [-0.05, 0) is 12.1 Å². The highest BCUT2D eigenvalue weighted by molar-refractivity contribution is 5.60. The molecule has 1 aromatic rings. The van der Waals surface area contributed by atoms with Crippen molar-refractivity contribution in [1.29, 1.82) is 5.26 Å². The Hall–Kier alpha value is -1.90. The zero-order valence-electron chi connectivity index (χ0n) is 9.14. The summed E-state index contributed by atoms with van der Waals surface area (Å²) in [4.78, 5) is 0. The van der Waals surface area contributed by atoms with Crippen LogP contribution < -0.4 is 10.1 Å². The first kappa shape index (κ1) is 13.2. The van der Waals surface area contributed by atoms with Crippen LogP contribution in [0, 0.1) is 11.3 Å². The smallest absolute Gasteiger partial charge is 0.390 e. The number of nitrogens with one attached hydrogen (secondary N) is 1. The van der Waals surface area contributed by atoms with Crippen molar-refractivity contribution in [3.63, 3.8) is 0 Å². The van der Waals surface area contributed by atoms with Crippen molar-refractivity contribution < 1.29 is 17.9 Å². The molecule has 0 aromatic heterocycles. The first-order chi connectivity index (χ1) is 7.96. The third-order valence-corrected chi connectivity index (χ3v) is 2.07. The fraction of sp³-hybridized carbons (Fsp3) is 0.364. The zero-order chi connectivity index (χ0) is 12.9. The van der Waals surface area contributed by atoms with Gasteiger partial charge in [-0.1, -0.05) is 0 Å². The molecule has 1 rings (SSSR count). The molecule has 1 N–H and O–H groups in total. The van der Waals surface area contributed by atoms with Gasteiger partial charge in [0.2, 0.25) is 0 Å². The average molecular weight is 244 g/mol. The lowest BCUT2D eigenvalue weighted by atomic mass is 10.2. The maximum Gasteiger partial charge on any atom is 0.390 e. The molecule has 92 valence electrons. The second-order valence-electron chi connectivity index (χ2n) is 3.32. The number of halogens is 3. The van der Waals surface area contributed by atoms with Crippen molar-refractivity contribution >= 4 is 5.69 Å². The molecule has 1 aromatic carbocycles. The van der Waals surface area contributed by atoms with Gasteiger partial charge in [-0.25, -0.2) is 0 Å². The molecule has 17 heavy (non-hydrogen) atoms. The Kier molecular flexibility index (Phi) is 4.21. The van der Waals surface area contributed by atoms with Crippen molar-refractivity contribution in [3.05, 3.63) is 23.8 Å². The molecule has 0 saturated carbocycles. The van der Waals surface area contributed by atoms with E-state index in [0.717, 1.165) is 0 Å². The van der Waals surface area contributed by atoms with Crippen LogP contribution in [-0.4, -0.2) is 19.8 Å². The number of nitriles is 1. The quantitative estimate of drug-likeness (QED) is 0.885. The Bertz CT molecular complexity index is 424. The maximum atomic E-state index is 12.0. The Labute approximate surface area is 96.8 Å². The predicted molar refractivity (Wildman–Crippen MR) is 56.9 cm³/mol. The second-order valence-corrected chi connectivity index (χ2v) is 3.32. The van der Waals surface area contributed by atoms with Crippen molar-refractivity contribution in [2.75, 3.05) is 19.0 Å². The van der Waals surface area contributed by atoms with Crippen LogP contribution in [0.2, 0.25) is 0 Å². The third kappa shape index (κ3) is 4.23. The molecule has 0 amide bonds. The lowest BCUT2D eigenvalue weighted by Crippen LogP contribution is -2.15. The molecule has 0 aliphatic heterocycles. The molecule has 0 atom stereocenters. The van der Waals surface area contributed by atoms with Crippen molar-refractivity contribution in [2.24, 2.45) is 0 Å². The van der Waals surface area contributed by atoms with Gasteiger partial charge in [0.05, 0.1) is 24.8 Å². The Morgan fingerprint density at radius 2 is 2.12 bits per heavy atom. The zero-order valence-corrected chi connectivity index (χ0v) is 9.14. The van der Waals surface area contributed by atoms with E-state index in [1.165, 1.54) is 19.2 Å². The first-order valence-corrected chi connectivity index (χ1v) is 4.85. The van der Waals surface area contributed by atoms with Gasteiger partial charge in [-0.2, -0.15) is 18.4 Å². The molecule has 0 saturated heterocycles. The molecule has 0 aliphatic carbocycles. The maximum absolute atomic E-state index is 12.0. The Morgan fingerprint density at radius 3 is 2.65 bits per heavy atom. The van der Waals surface area contributed by atoms with E-state index < -0.39 is 12.6 Å². The van der Waals surface area contributed by atoms with Crippen molar-refractivity contribution in [3.8, 4) is 11.8 Å². The van der Waals surface area contributed by atoms with Crippen LogP contribution in [0.15, 0.2) is 18.2 Å². The molecule has 0 fully saturated rings. The van der Waals surface area contributed by atoms with Crippen LogP contribution in [0.3, 0.4) is 0 Å². The van der Waals surface area contributed by atoms with Gasteiger partial charge in [-0.3, -0.25) is 0 Å². The van der Waals surface area contributed by atoms with Crippen LogP contribution in [0.1, 0.15) is 12.0 Å². The summed E-state index contributed by atoms with van der Waals surface area (Å²) in [5.74, 6) is 0.485. The van der Waals surface area contributed by atoms with Crippen LogP contribution >= 0.6 is 0 Å². The van der Waals surface area contributed by atoms with Gasteiger partial charge >= 0.3 is 6.18 Å². The molecule has 3 nitrogen and oxygen atoms in total. The summed E-state index contributed by atoms with van der Waals surface area (Å²) in [6.07, 6.45) is -5.16. The summed E-state index contributed by atoms with van der Waals surface area (Å²) in [6.45, 7) is -0.272. The van der Waals surface area contributed by atoms with E-state index in [2.05, 4.69) is 5.32 Å². The van der Waals surface area contributed by atoms with Crippen molar-refractivity contribution in [2.45, 2.75) is 12.6 Å². The molecular formula is C11H11F3N2O. The SMILES string of the molecule is COc1ccc(C#N)c(NCCC(F)(F)F)c1. The molecule has 0 spiro atoms. The van der Waals surface area contributed by atoms with Crippen LogP contribution in [0.5, 0.6) is 5.75 Å². The van der Waals surface area contributed by atoms with Gasteiger partial charge in [0, 0.05) is 12.6 Å². The minimum Gasteiger partial charge on any atom is -0.497 e. The predicted octanol–water partition coefficient (Wildman–Crippen LogP) is 2.93. The fourth-order valence-corrected chi connectivity index (χ4v) is 1.23. The van der Waals surface area contributed by atoms with E-state index in [1.54, 1.807) is 6.07 Å². The lowest BCUT2D eigenvalue weighted by molar-refractivity contribution is -0.131. The van der Waals surface area contributed by atoms with E-state index in [0.29, 0.717) is 11.4 Å². The standard InChI is InChI=1S/C11H11F3N2O/c1-17-9-3-2-8(7-15)10(6-9)16-5-4-11(12,13)14/h2-3,6,16H,4-5H2,1H3. The number of ether oxygens (including phenoxy) is 1. The summed E-state index contributed by atoms with van der Waals surface area (Å²) >= 11 is 0. The highest BCUT2D eigenvalue weighted by atomic mass is 19.4. The number of hydrogen-bond donors (Lipinski definition) is 1. The number of benzene rings is 1. The second kappa shape index (κ2) is 5.43. The van der Waals surface area contributed by atoms with E-state index in [4.69, 9.17) is 10.00 Å². The van der Waals surface area contributed by atoms with Gasteiger partial charge in [-0.15, -0.1) is 0 Å². The van der Waals surface area contributed by atoms with Crippen LogP contribution in [-0.2, 0) is 0 Å². The van der Waals surface area contributed by atoms with E-state index in [1.807, 2.05) is 6.07 Å². The van der Waals surface area contributed by atoms with Crippen LogP contribution in [0.25, 0.3) is 0 Å². The number of rotatable bonds is 4. The largest absolute Gasteiger partial charge is 0.497 e. The van der Waals surface area contributed by atoms with Gasteiger partial charge in [0.1, 0.15) is 11.8 Å². The van der Waals surface area contributed by atoms with Gasteiger partial charge in [0.15, 0.2) is 0 Å². The van der Waals surface area contributed by atoms with E-state index in [-0.39, 0.29) is 12.1 Å². The summed E-state index contributed by atoms with van der Waals surface area (Å²) < 4.78 is 40.8. The Balaban J connectivity index is 2.72. The Morgan fingerprint density at radius 1 is 1.41 bits per heavy atom. The van der Waals surface area contributed by atoms with Crippen molar-refractivity contribution in [1.82, 2.24) is 0 Å². The average Bonchev–Trinajstić information content (AvgIpc) is 2.27. The number of nitrogens with zero attached hydrogens (tertiary/aromatic N) is 1. The monoisotopic (exact) mass is 244 g/mol. The molecular weight excluding hydrogens is 233 g/mol. The number of alkyl halides is 3. The number of anilines is 1. The van der Waals surface area contributed by atoms with Gasteiger partial charge in [0.25, 0.3) is 0 Å². The lowest BCUT2D eigenvalue weighted by Gasteiger charge is -2.11. The number of methoxy groups -OCH3 is 1. The first-order valence-electron chi connectivity index (χ1n) is 4.85. The minimum absolute atomic E-state index is 0.272. The van der Waals surface area contributed by atoms with E-state index >= 15 is 0 Å². The molecule has 0 heterocycles. The minimum atomic E-state index is -4.21. The topological polar surface area (TPSA) is 45.0 Å². The normalized spacial score (nSPS) is 10.8. The molecule has 0 radical (unpaired) electrons. The number of hydrogen-bond acceptors (Lipinski definition) is 3.